The van der Waals surface area contributed by atoms with E-state index in [0.29, 0.717) is 5.41 Å². The normalized spacial score (nSPS) is 16.1. The zero-order valence-electron chi connectivity index (χ0n) is 8.70. The SMILES string of the molecule is CCPCC(C)CC(C)(C)C. The Morgan fingerprint density at radius 2 is 1.82 bits per heavy atom. The van der Waals surface area contributed by atoms with Crippen molar-refractivity contribution in [3.63, 3.8) is 0 Å². The molecule has 0 rings (SSSR count). The topological polar surface area (TPSA) is 0 Å². The minimum Gasteiger partial charge on any atom is -0.122 e. The molecule has 1 heteroatoms. The summed E-state index contributed by atoms with van der Waals surface area (Å²) < 4.78 is 0. The first-order valence-electron chi connectivity index (χ1n) is 4.66. The third kappa shape index (κ3) is 8.34. The van der Waals surface area contributed by atoms with E-state index in [-0.39, 0.29) is 0 Å². The highest BCUT2D eigenvalue weighted by Gasteiger charge is 2.14. The van der Waals surface area contributed by atoms with Gasteiger partial charge in [-0.3, -0.25) is 0 Å². The quantitative estimate of drug-likeness (QED) is 0.569. The van der Waals surface area contributed by atoms with Crippen molar-refractivity contribution in [1.29, 1.82) is 0 Å². The maximum absolute atomic E-state index is 2.38. The molecule has 11 heavy (non-hydrogen) atoms. The first kappa shape index (κ1) is 11.4. The van der Waals surface area contributed by atoms with Gasteiger partial charge >= 0.3 is 0 Å². The van der Waals surface area contributed by atoms with Crippen LogP contribution in [0.3, 0.4) is 0 Å². The molecule has 0 aromatic rings. The van der Waals surface area contributed by atoms with Gasteiger partial charge < -0.3 is 0 Å². The number of hydrogen-bond acceptors (Lipinski definition) is 0. The van der Waals surface area contributed by atoms with Gasteiger partial charge in [-0.2, -0.15) is 0 Å². The summed E-state index contributed by atoms with van der Waals surface area (Å²) in [7, 11) is 1.18. The van der Waals surface area contributed by atoms with E-state index in [1.54, 1.807) is 0 Å². The predicted molar refractivity (Wildman–Crippen MR) is 57.0 cm³/mol. The van der Waals surface area contributed by atoms with Crippen LogP contribution >= 0.6 is 8.58 Å². The van der Waals surface area contributed by atoms with E-state index in [9.17, 15) is 0 Å². The Balaban J connectivity index is 3.44. The van der Waals surface area contributed by atoms with Crippen molar-refractivity contribution in [3.8, 4) is 0 Å². The minimum absolute atomic E-state index is 0.525. The Hall–Kier alpha value is 0.430. The zero-order valence-corrected chi connectivity index (χ0v) is 9.70. The van der Waals surface area contributed by atoms with Gasteiger partial charge in [-0.1, -0.05) is 34.6 Å². The van der Waals surface area contributed by atoms with Crippen LogP contribution in [0, 0.1) is 11.3 Å². The number of rotatable bonds is 4. The van der Waals surface area contributed by atoms with E-state index >= 15 is 0 Å². The van der Waals surface area contributed by atoms with Gasteiger partial charge in [0, 0.05) is 0 Å². The van der Waals surface area contributed by atoms with Gasteiger partial charge in [-0.25, -0.2) is 0 Å². The standard InChI is InChI=1S/C10H23P/c1-6-11-8-9(2)7-10(3,4)5/h9,11H,6-8H2,1-5H3. The molecule has 2 atom stereocenters. The van der Waals surface area contributed by atoms with Gasteiger partial charge in [-0.15, -0.1) is 8.58 Å². The molecule has 0 aliphatic heterocycles. The summed E-state index contributed by atoms with van der Waals surface area (Å²) in [5.74, 6) is 0.924. The summed E-state index contributed by atoms with van der Waals surface area (Å²) in [5, 5.41) is 0. The lowest BCUT2D eigenvalue weighted by molar-refractivity contribution is 0.323. The fraction of sp³-hybridized carbons (Fsp3) is 1.00. The highest BCUT2D eigenvalue weighted by atomic mass is 31.1. The molecule has 68 valence electrons. The molecule has 0 fully saturated rings. The highest BCUT2D eigenvalue weighted by Crippen LogP contribution is 2.27. The lowest BCUT2D eigenvalue weighted by Gasteiger charge is -2.22. The molecule has 0 aliphatic rings. The second-order valence-electron chi connectivity index (χ2n) is 4.68. The van der Waals surface area contributed by atoms with Crippen LogP contribution in [0.25, 0.3) is 0 Å². The van der Waals surface area contributed by atoms with E-state index in [0.717, 1.165) is 5.92 Å². The monoisotopic (exact) mass is 174 g/mol. The lowest BCUT2D eigenvalue weighted by atomic mass is 9.86. The van der Waals surface area contributed by atoms with Crippen LogP contribution in [0.1, 0.15) is 41.0 Å². The molecule has 0 bridgehead atoms. The summed E-state index contributed by atoms with van der Waals surface area (Å²) >= 11 is 0. The summed E-state index contributed by atoms with van der Waals surface area (Å²) in [6, 6.07) is 0. The predicted octanol–water partition coefficient (Wildman–Crippen LogP) is 3.76. The third-order valence-corrected chi connectivity index (χ3v) is 3.19. The Labute approximate surface area is 73.9 Å². The molecule has 0 nitrogen and oxygen atoms in total. The molecule has 0 N–H and O–H groups in total. The maximum Gasteiger partial charge on any atom is -0.0327 e. The van der Waals surface area contributed by atoms with Crippen molar-refractivity contribution < 1.29 is 0 Å². The summed E-state index contributed by atoms with van der Waals surface area (Å²) in [6.45, 7) is 11.7. The molecule has 0 saturated carbocycles. The molecule has 0 aliphatic carbocycles. The van der Waals surface area contributed by atoms with Gasteiger partial charge in [0.25, 0.3) is 0 Å². The van der Waals surface area contributed by atoms with E-state index < -0.39 is 0 Å². The van der Waals surface area contributed by atoms with Gasteiger partial charge in [0.05, 0.1) is 0 Å². The first-order chi connectivity index (χ1) is 4.95. The minimum atomic E-state index is 0.525. The molecule has 2 unspecified atom stereocenters. The van der Waals surface area contributed by atoms with Crippen LogP contribution in [0.15, 0.2) is 0 Å². The van der Waals surface area contributed by atoms with Crippen LogP contribution in [-0.2, 0) is 0 Å². The van der Waals surface area contributed by atoms with Crippen LogP contribution in [0.2, 0.25) is 0 Å². The summed E-state index contributed by atoms with van der Waals surface area (Å²) in [6.07, 6.45) is 4.18. The molecule has 0 amide bonds. The Morgan fingerprint density at radius 1 is 1.27 bits per heavy atom. The van der Waals surface area contributed by atoms with Gasteiger partial charge in [0.15, 0.2) is 0 Å². The van der Waals surface area contributed by atoms with Crippen molar-refractivity contribution >= 4 is 8.58 Å². The summed E-state index contributed by atoms with van der Waals surface area (Å²) in [5.41, 5.74) is 0.525. The lowest BCUT2D eigenvalue weighted by Crippen LogP contribution is -2.12. The Bertz CT molecular complexity index is 91.5. The molecule has 0 aromatic carbocycles. The fourth-order valence-corrected chi connectivity index (χ4v) is 2.43. The molecule has 0 saturated heterocycles. The second kappa shape index (κ2) is 5.14. The molecular formula is C10H23P. The molecular weight excluding hydrogens is 151 g/mol. The maximum atomic E-state index is 2.38. The molecule has 0 spiro atoms. The van der Waals surface area contributed by atoms with Crippen molar-refractivity contribution in [1.82, 2.24) is 0 Å². The Morgan fingerprint density at radius 3 is 2.18 bits per heavy atom. The highest BCUT2D eigenvalue weighted by molar-refractivity contribution is 7.37. The van der Waals surface area contributed by atoms with Crippen LogP contribution < -0.4 is 0 Å². The van der Waals surface area contributed by atoms with Crippen molar-refractivity contribution in [2.24, 2.45) is 11.3 Å². The largest absolute Gasteiger partial charge is 0.122 e. The first-order valence-corrected chi connectivity index (χ1v) is 6.08. The average molecular weight is 174 g/mol. The van der Waals surface area contributed by atoms with Crippen LogP contribution in [0.4, 0.5) is 0 Å². The number of hydrogen-bond donors (Lipinski definition) is 0. The third-order valence-electron chi connectivity index (χ3n) is 1.70. The summed E-state index contributed by atoms with van der Waals surface area (Å²) in [4.78, 5) is 0. The van der Waals surface area contributed by atoms with Gasteiger partial charge in [-0.05, 0) is 30.1 Å². The van der Waals surface area contributed by atoms with Gasteiger partial charge in [0.2, 0.25) is 0 Å². The molecule has 0 aromatic heterocycles. The fourth-order valence-electron chi connectivity index (χ4n) is 1.51. The second-order valence-corrected chi connectivity index (χ2v) is 6.29. The Kier molecular flexibility index (Phi) is 5.34. The van der Waals surface area contributed by atoms with Crippen molar-refractivity contribution in [2.45, 2.75) is 41.0 Å². The van der Waals surface area contributed by atoms with E-state index in [1.165, 1.54) is 27.3 Å². The smallest absolute Gasteiger partial charge is 0.0327 e. The van der Waals surface area contributed by atoms with Crippen LogP contribution in [0.5, 0.6) is 0 Å². The van der Waals surface area contributed by atoms with E-state index in [1.807, 2.05) is 0 Å². The molecule has 0 heterocycles. The molecule has 0 radical (unpaired) electrons. The van der Waals surface area contributed by atoms with Crippen LogP contribution in [-0.4, -0.2) is 12.3 Å². The van der Waals surface area contributed by atoms with E-state index in [4.69, 9.17) is 0 Å². The zero-order chi connectivity index (χ0) is 8.91. The van der Waals surface area contributed by atoms with Crippen molar-refractivity contribution in [2.75, 3.05) is 12.3 Å². The average Bonchev–Trinajstić information content (AvgIpc) is 1.79. The van der Waals surface area contributed by atoms with E-state index in [2.05, 4.69) is 34.6 Å². The van der Waals surface area contributed by atoms with Gasteiger partial charge in [0.1, 0.15) is 0 Å². The van der Waals surface area contributed by atoms with Crippen molar-refractivity contribution in [3.05, 3.63) is 0 Å².